The van der Waals surface area contributed by atoms with Gasteiger partial charge in [-0.1, -0.05) is 11.1 Å². The standard InChI is InChI=1S/C40H46O9/c1-25(17-20-43-28-11-9-27-10-15-36(41)46-31(27)23-28)7-13-34(39(3,4)42)48-37-16-12-29-33(47-37)24-32-30(19-22-44-32)38(29)45-21-18-26(2)8-14-35-40(5,6)49-35/h9-12,15-19,22-24,34-35,37,42H,7-8,13-14,20-21H2,1-6H3/b25-17+,26-18+/t34-,35?,37+/m1/s1. The van der Waals surface area contributed by atoms with Crippen molar-refractivity contribution in [2.45, 2.75) is 96.9 Å². The van der Waals surface area contributed by atoms with Crippen LogP contribution in [-0.2, 0) is 9.47 Å². The van der Waals surface area contributed by atoms with Crippen LogP contribution in [0.15, 0.2) is 91.7 Å². The fraction of sp³-hybridized carbons (Fsp3) is 0.425. The Kier molecular flexibility index (Phi) is 10.1. The lowest BCUT2D eigenvalue weighted by Gasteiger charge is -2.33. The first-order valence-electron chi connectivity index (χ1n) is 16.9. The summed E-state index contributed by atoms with van der Waals surface area (Å²) in [6.07, 6.45) is 11.9. The predicted molar refractivity (Wildman–Crippen MR) is 189 cm³/mol. The molecule has 0 aliphatic carbocycles. The highest BCUT2D eigenvalue weighted by molar-refractivity contribution is 5.91. The highest BCUT2D eigenvalue weighted by atomic mass is 16.7. The van der Waals surface area contributed by atoms with Crippen molar-refractivity contribution in [1.29, 1.82) is 0 Å². The van der Waals surface area contributed by atoms with Crippen LogP contribution in [0, 0.1) is 0 Å². The zero-order valence-corrected chi connectivity index (χ0v) is 29.1. The average molecular weight is 671 g/mol. The molecular formula is C40H46O9. The van der Waals surface area contributed by atoms with Crippen LogP contribution in [0.4, 0.5) is 0 Å². The van der Waals surface area contributed by atoms with Crippen LogP contribution in [-0.4, -0.2) is 48.0 Å². The Morgan fingerprint density at radius 3 is 2.49 bits per heavy atom. The van der Waals surface area contributed by atoms with Gasteiger partial charge in [-0.3, -0.25) is 0 Å². The van der Waals surface area contributed by atoms with Crippen LogP contribution in [0.2, 0.25) is 0 Å². The molecule has 2 aliphatic heterocycles. The maximum Gasteiger partial charge on any atom is 0.336 e. The minimum absolute atomic E-state index is 0.00243. The van der Waals surface area contributed by atoms with Crippen molar-refractivity contribution >= 4 is 28.0 Å². The van der Waals surface area contributed by atoms with E-state index in [1.807, 2.05) is 49.4 Å². The molecule has 1 unspecified atom stereocenters. The van der Waals surface area contributed by atoms with Crippen LogP contribution in [0.1, 0.15) is 72.8 Å². The van der Waals surface area contributed by atoms with Gasteiger partial charge in [0.1, 0.15) is 41.6 Å². The summed E-state index contributed by atoms with van der Waals surface area (Å²) in [7, 11) is 0. The molecule has 260 valence electrons. The molecule has 1 saturated heterocycles. The lowest BCUT2D eigenvalue weighted by Crippen LogP contribution is -2.42. The van der Waals surface area contributed by atoms with E-state index in [-0.39, 0.29) is 5.60 Å². The van der Waals surface area contributed by atoms with Crippen molar-refractivity contribution in [2.24, 2.45) is 0 Å². The lowest BCUT2D eigenvalue weighted by atomic mass is 9.95. The summed E-state index contributed by atoms with van der Waals surface area (Å²) in [6, 6.07) is 12.3. The second kappa shape index (κ2) is 14.3. The molecule has 9 nitrogen and oxygen atoms in total. The van der Waals surface area contributed by atoms with E-state index in [1.165, 1.54) is 11.6 Å². The van der Waals surface area contributed by atoms with Gasteiger partial charge in [0.15, 0.2) is 0 Å². The van der Waals surface area contributed by atoms with Gasteiger partial charge in [-0.15, -0.1) is 0 Å². The monoisotopic (exact) mass is 670 g/mol. The summed E-state index contributed by atoms with van der Waals surface area (Å²) >= 11 is 0. The minimum Gasteiger partial charge on any atom is -0.489 e. The molecule has 2 aromatic heterocycles. The third kappa shape index (κ3) is 8.65. The van der Waals surface area contributed by atoms with E-state index >= 15 is 0 Å². The molecule has 49 heavy (non-hydrogen) atoms. The normalized spacial score (nSPS) is 19.5. The number of furan rings is 1. The van der Waals surface area contributed by atoms with Gasteiger partial charge in [0, 0.05) is 23.6 Å². The Bertz CT molecular complexity index is 1930. The second-order valence-electron chi connectivity index (χ2n) is 14.0. The summed E-state index contributed by atoms with van der Waals surface area (Å²) in [5, 5.41) is 12.7. The molecule has 1 N–H and O–H groups in total. The number of hydrogen-bond donors (Lipinski definition) is 1. The molecule has 0 bridgehead atoms. The molecule has 0 spiro atoms. The van der Waals surface area contributed by atoms with Crippen molar-refractivity contribution in [3.05, 3.63) is 94.1 Å². The third-order valence-corrected chi connectivity index (χ3v) is 9.16. The number of ether oxygens (including phenoxy) is 5. The quantitative estimate of drug-likeness (QED) is 0.0755. The van der Waals surface area contributed by atoms with Crippen LogP contribution >= 0.6 is 0 Å². The first-order chi connectivity index (χ1) is 23.4. The van der Waals surface area contributed by atoms with Crippen molar-refractivity contribution < 1.29 is 37.6 Å². The van der Waals surface area contributed by atoms with Crippen LogP contribution < -0.4 is 19.8 Å². The minimum atomic E-state index is -1.12. The van der Waals surface area contributed by atoms with Gasteiger partial charge in [-0.05, 0) is 116 Å². The van der Waals surface area contributed by atoms with Crippen molar-refractivity contribution in [3.63, 3.8) is 0 Å². The molecule has 2 aliphatic rings. The fourth-order valence-electron chi connectivity index (χ4n) is 5.99. The van der Waals surface area contributed by atoms with Crippen molar-refractivity contribution in [1.82, 2.24) is 0 Å². The van der Waals surface area contributed by atoms with Crippen LogP contribution in [0.3, 0.4) is 0 Å². The van der Waals surface area contributed by atoms with Gasteiger partial charge < -0.3 is 37.6 Å². The van der Waals surface area contributed by atoms with Gasteiger partial charge >= 0.3 is 5.63 Å². The Morgan fingerprint density at radius 1 is 1.00 bits per heavy atom. The average Bonchev–Trinajstić information content (AvgIpc) is 3.40. The summed E-state index contributed by atoms with van der Waals surface area (Å²) in [6.45, 7) is 12.6. The third-order valence-electron chi connectivity index (χ3n) is 9.16. The topological polar surface area (TPSA) is 113 Å². The zero-order chi connectivity index (χ0) is 34.8. The van der Waals surface area contributed by atoms with E-state index < -0.39 is 23.6 Å². The Balaban J connectivity index is 1.05. The highest BCUT2D eigenvalue weighted by Crippen LogP contribution is 2.42. The number of epoxide rings is 1. The molecule has 9 heteroatoms. The van der Waals surface area contributed by atoms with Gasteiger partial charge in [0.25, 0.3) is 0 Å². The molecule has 0 saturated carbocycles. The number of rotatable bonds is 15. The molecule has 2 aromatic carbocycles. The number of hydrogen-bond acceptors (Lipinski definition) is 9. The van der Waals surface area contributed by atoms with E-state index in [9.17, 15) is 9.90 Å². The lowest BCUT2D eigenvalue weighted by molar-refractivity contribution is -0.159. The summed E-state index contributed by atoms with van der Waals surface area (Å²) in [5.74, 6) is 1.90. The Hall–Kier alpha value is -4.31. The smallest absolute Gasteiger partial charge is 0.336 e. The van der Waals surface area contributed by atoms with E-state index in [0.717, 1.165) is 34.8 Å². The summed E-state index contributed by atoms with van der Waals surface area (Å²) in [5.41, 5.74) is 2.80. The molecule has 1 fully saturated rings. The Morgan fingerprint density at radius 2 is 1.73 bits per heavy atom. The van der Waals surface area contributed by atoms with Gasteiger partial charge in [-0.2, -0.15) is 0 Å². The molecule has 0 radical (unpaired) electrons. The first kappa shape index (κ1) is 34.5. The fourth-order valence-corrected chi connectivity index (χ4v) is 5.99. The predicted octanol–water partition coefficient (Wildman–Crippen LogP) is 8.52. The van der Waals surface area contributed by atoms with E-state index in [2.05, 4.69) is 26.8 Å². The number of fused-ring (bicyclic) bond motifs is 3. The van der Waals surface area contributed by atoms with Crippen LogP contribution in [0.25, 0.3) is 28.0 Å². The maximum atomic E-state index is 11.6. The molecule has 4 heterocycles. The van der Waals surface area contributed by atoms with E-state index in [0.29, 0.717) is 60.6 Å². The maximum absolute atomic E-state index is 11.6. The SMILES string of the molecule is C/C(=C\COc1c2c(cc3occc13)O[C@@H](O[C@H](CC/C(C)=C/COc1ccc3ccc(=O)oc3c1)C(C)(C)O)C=C2)CCC1OC1(C)C. The zero-order valence-electron chi connectivity index (χ0n) is 29.1. The highest BCUT2D eigenvalue weighted by Gasteiger charge is 2.46. The van der Waals surface area contributed by atoms with Gasteiger partial charge in [0.2, 0.25) is 6.29 Å². The van der Waals surface area contributed by atoms with Gasteiger partial charge in [-0.25, -0.2) is 4.79 Å². The summed E-state index contributed by atoms with van der Waals surface area (Å²) < 4.78 is 41.6. The van der Waals surface area contributed by atoms with E-state index in [4.69, 9.17) is 32.5 Å². The molecule has 6 rings (SSSR count). The number of aliphatic hydroxyl groups is 1. The van der Waals surface area contributed by atoms with E-state index in [1.54, 1.807) is 32.2 Å². The van der Waals surface area contributed by atoms with Crippen molar-refractivity contribution in [2.75, 3.05) is 13.2 Å². The number of benzene rings is 2. The molecule has 4 aromatic rings. The molecule has 0 amide bonds. The number of allylic oxidation sites excluding steroid dienone is 2. The van der Waals surface area contributed by atoms with Crippen LogP contribution in [0.5, 0.6) is 17.2 Å². The van der Waals surface area contributed by atoms with Gasteiger partial charge in [0.05, 0.1) is 40.6 Å². The molecular weight excluding hydrogens is 624 g/mol. The second-order valence-corrected chi connectivity index (χ2v) is 14.0. The summed E-state index contributed by atoms with van der Waals surface area (Å²) in [4.78, 5) is 11.6. The van der Waals surface area contributed by atoms with Crippen molar-refractivity contribution in [3.8, 4) is 17.2 Å². The Labute approximate surface area is 286 Å². The largest absolute Gasteiger partial charge is 0.489 e. The first-order valence-corrected chi connectivity index (χ1v) is 16.9. The molecule has 3 atom stereocenters.